The number of aromatic amines is 1. The fourth-order valence-electron chi connectivity index (χ4n) is 6.12. The van der Waals surface area contributed by atoms with Crippen molar-refractivity contribution in [2.45, 2.75) is 43.7 Å². The van der Waals surface area contributed by atoms with E-state index in [9.17, 15) is 34.5 Å². The Hall–Kier alpha value is -5.06. The lowest BCUT2D eigenvalue weighted by atomic mass is 10.0. The number of amides is 3. The first-order valence-electron chi connectivity index (χ1n) is 15.9. The van der Waals surface area contributed by atoms with Gasteiger partial charge in [-0.2, -0.15) is 9.36 Å². The maximum Gasteiger partial charge on any atom is 0.350 e. The number of rotatable bonds is 13. The first kappa shape index (κ1) is 36.7. The highest BCUT2D eigenvalue weighted by Crippen LogP contribution is 2.44. The first-order valence-corrected chi connectivity index (χ1v) is 18.1. The molecule has 2 atom stereocenters. The van der Waals surface area contributed by atoms with Crippen LogP contribution in [0.2, 0.25) is 5.02 Å². The van der Waals surface area contributed by atoms with E-state index in [1.807, 2.05) is 0 Å². The van der Waals surface area contributed by atoms with Gasteiger partial charge in [0, 0.05) is 35.7 Å². The van der Waals surface area contributed by atoms with Crippen LogP contribution in [-0.4, -0.2) is 140 Å². The molecule has 8 N–H and O–H groups in total. The van der Waals surface area contributed by atoms with Gasteiger partial charge in [-0.3, -0.25) is 19.3 Å². The molecule has 2 aromatic heterocycles. The van der Waals surface area contributed by atoms with Crippen molar-refractivity contribution in [1.82, 2.24) is 45.5 Å². The minimum absolute atomic E-state index is 0.0300. The van der Waals surface area contributed by atoms with Gasteiger partial charge in [-0.05, 0) is 36.4 Å². The zero-order valence-corrected chi connectivity index (χ0v) is 30.1. The number of oxime groups is 1. The second kappa shape index (κ2) is 14.5. The third-order valence-corrected chi connectivity index (χ3v) is 11.2. The number of carboxylic acids is 1. The maximum atomic E-state index is 13.8. The fraction of sp³-hybridized carbons (Fsp3) is 0.448. The number of nitrogen functional groups attached to an aromatic ring is 1. The molecule has 5 heterocycles. The lowest BCUT2D eigenvalue weighted by Crippen LogP contribution is -2.70. The van der Waals surface area contributed by atoms with Gasteiger partial charge in [0.2, 0.25) is 17.1 Å². The zero-order chi connectivity index (χ0) is 37.4. The Bertz CT molecular complexity index is 1960. The Labute approximate surface area is 308 Å². The summed E-state index contributed by atoms with van der Waals surface area (Å²) in [6, 6.07) is 1.52. The van der Waals surface area contributed by atoms with Crippen LogP contribution < -0.4 is 16.4 Å². The molecule has 0 radical (unpaired) electrons. The molecular formula is C29H34ClN12O8S2+. The van der Waals surface area contributed by atoms with Gasteiger partial charge in [-0.1, -0.05) is 16.8 Å². The van der Waals surface area contributed by atoms with Crippen LogP contribution in [0.15, 0.2) is 22.9 Å². The van der Waals surface area contributed by atoms with Crippen LogP contribution in [0.4, 0.5) is 5.13 Å². The van der Waals surface area contributed by atoms with Gasteiger partial charge >= 0.3 is 5.97 Å². The number of anilines is 1. The van der Waals surface area contributed by atoms with E-state index in [1.165, 1.54) is 42.6 Å². The average Bonchev–Trinajstić information content (AvgIpc) is 3.90. The summed E-state index contributed by atoms with van der Waals surface area (Å²) in [7, 11) is 0. The maximum absolute atomic E-state index is 13.8. The number of β-lactam (4-membered cyclic amide) rings is 1. The third-order valence-electron chi connectivity index (χ3n) is 8.90. The smallest absolute Gasteiger partial charge is 0.350 e. The van der Waals surface area contributed by atoms with Crippen molar-refractivity contribution < 1.29 is 43.8 Å². The number of halogens is 1. The number of carbonyl (C=O) groups excluding carboxylic acids is 3. The molecule has 0 bridgehead atoms. The van der Waals surface area contributed by atoms with Crippen LogP contribution >= 0.6 is 34.9 Å². The number of carboxylic acid groups (broad SMARTS) is 1. The van der Waals surface area contributed by atoms with Gasteiger partial charge in [-0.25, -0.2) is 9.89 Å². The number of hydrogen-bond donors (Lipinski definition) is 7. The summed E-state index contributed by atoms with van der Waals surface area (Å²) in [5, 5.41) is 51.9. The van der Waals surface area contributed by atoms with Crippen molar-refractivity contribution in [3.8, 4) is 11.5 Å². The number of thioether (sulfide) groups is 1. The topological polar surface area (TPSA) is 284 Å². The molecule has 0 spiro atoms. The van der Waals surface area contributed by atoms with E-state index in [4.69, 9.17) is 22.2 Å². The fourth-order valence-corrected chi connectivity index (χ4v) is 8.13. The summed E-state index contributed by atoms with van der Waals surface area (Å²) < 4.78 is 4.61. The van der Waals surface area contributed by atoms with E-state index < -0.39 is 57.9 Å². The molecule has 3 aliphatic heterocycles. The number of H-pyrrole nitrogens is 1. The Balaban J connectivity index is 1.19. The predicted molar refractivity (Wildman–Crippen MR) is 186 cm³/mol. The number of benzene rings is 1. The Morgan fingerprint density at radius 1 is 1.25 bits per heavy atom. The van der Waals surface area contributed by atoms with E-state index in [0.29, 0.717) is 29.0 Å². The minimum Gasteiger partial charge on any atom is -0.504 e. The van der Waals surface area contributed by atoms with Gasteiger partial charge < -0.3 is 41.0 Å². The van der Waals surface area contributed by atoms with Crippen molar-refractivity contribution in [3.05, 3.63) is 39.9 Å². The number of tetrazole rings is 1. The van der Waals surface area contributed by atoms with Gasteiger partial charge in [-0.15, -0.1) is 16.9 Å². The number of nitrogens with zero attached hydrogens (tertiary/aromatic N) is 8. The molecule has 0 saturated carbocycles. The number of aliphatic carboxylic acids is 1. The van der Waals surface area contributed by atoms with Crippen molar-refractivity contribution in [2.24, 2.45) is 5.16 Å². The molecule has 52 heavy (non-hydrogen) atoms. The van der Waals surface area contributed by atoms with Crippen LogP contribution in [0.5, 0.6) is 11.5 Å². The van der Waals surface area contributed by atoms with Crippen LogP contribution in [-0.2, 0) is 19.2 Å². The van der Waals surface area contributed by atoms with Crippen molar-refractivity contribution >= 4 is 75.1 Å². The predicted octanol–water partition coefficient (Wildman–Crippen LogP) is 0.134. The standard InChI is InChI=1S/C29H33ClN12O8S2/c1-29(2,27(48)49)50-37-17(21-34-28(31)52-38-21)24(46)33-18-25(47)41-19(22-35-39-40-36-22)13(12-51-26(18)41)11-42(8-3-4-9-42)10-7-32-23(45)14-5-6-15(43)20(44)16(14)30/h5-6,18,26H,3-4,7-12H2,1-2H3,(H7-,31,32,33,34,35,36,37,38,39,40,43,44,45,46,48,49)/p+1/t18-,26-/m1/s1. The van der Waals surface area contributed by atoms with Crippen molar-refractivity contribution in [3.63, 3.8) is 0 Å². The first-order chi connectivity index (χ1) is 24.7. The van der Waals surface area contributed by atoms with E-state index in [2.05, 4.69) is 45.8 Å². The Kier molecular flexibility index (Phi) is 10.3. The number of nitrogens with one attached hydrogen (secondary N) is 3. The second-order valence-electron chi connectivity index (χ2n) is 12.8. The number of nitrogens with two attached hydrogens (primary N) is 1. The SMILES string of the molecule is CC(C)(O/N=C(\C(=O)N[C@@H]1C(=O)N2C(c3nnn[nH]3)=C(C[N+]3(CCNC(=O)c4ccc(O)c(O)c4Cl)CCCC3)CS[C@H]12)c1nsc(N)n1)C(=O)O. The molecule has 3 aromatic rings. The van der Waals surface area contributed by atoms with Crippen molar-refractivity contribution in [1.29, 1.82) is 0 Å². The highest BCUT2D eigenvalue weighted by Gasteiger charge is 2.55. The summed E-state index contributed by atoms with van der Waals surface area (Å²) in [5.74, 6) is -3.60. The minimum atomic E-state index is -1.79. The molecule has 3 amide bonds. The van der Waals surface area contributed by atoms with Gasteiger partial charge in [0.15, 0.2) is 22.5 Å². The summed E-state index contributed by atoms with van der Waals surface area (Å²) in [5.41, 5.74) is 4.89. The molecule has 2 saturated heterocycles. The van der Waals surface area contributed by atoms with E-state index in [1.54, 1.807) is 0 Å². The van der Waals surface area contributed by atoms with Crippen molar-refractivity contribution in [2.75, 3.05) is 44.2 Å². The summed E-state index contributed by atoms with van der Waals surface area (Å²) in [6.45, 7) is 5.50. The number of phenols is 2. The Morgan fingerprint density at radius 2 is 2.00 bits per heavy atom. The van der Waals surface area contributed by atoms with Crippen LogP contribution in [0.25, 0.3) is 5.70 Å². The Morgan fingerprint density at radius 3 is 2.65 bits per heavy atom. The van der Waals surface area contributed by atoms with Crippen LogP contribution in [0.1, 0.15) is 48.7 Å². The molecule has 0 aliphatic carbocycles. The second-order valence-corrected chi connectivity index (χ2v) is 15.1. The number of aromatic hydroxyl groups is 2. The average molecular weight is 778 g/mol. The molecule has 20 nitrogen and oxygen atoms in total. The third kappa shape index (κ3) is 7.18. The number of carbonyl (C=O) groups is 4. The van der Waals surface area contributed by atoms with E-state index >= 15 is 0 Å². The van der Waals surface area contributed by atoms with Gasteiger partial charge in [0.1, 0.15) is 18.0 Å². The molecule has 3 aliphatic rings. The normalized spacial score (nSPS) is 19.9. The summed E-state index contributed by atoms with van der Waals surface area (Å²) in [4.78, 5) is 62.5. The number of hydrogen-bond acceptors (Lipinski definition) is 16. The summed E-state index contributed by atoms with van der Waals surface area (Å²) >= 11 is 8.32. The molecule has 276 valence electrons. The molecule has 23 heteroatoms. The highest BCUT2D eigenvalue weighted by atomic mass is 35.5. The summed E-state index contributed by atoms with van der Waals surface area (Å²) in [6.07, 6.45) is 1.92. The lowest BCUT2D eigenvalue weighted by molar-refractivity contribution is -0.911. The molecule has 1 aromatic carbocycles. The molecule has 0 unspecified atom stereocenters. The van der Waals surface area contributed by atoms with E-state index in [0.717, 1.165) is 43.0 Å². The monoisotopic (exact) mass is 777 g/mol. The number of quaternary nitrogens is 1. The highest BCUT2D eigenvalue weighted by molar-refractivity contribution is 8.00. The molecular weight excluding hydrogens is 744 g/mol. The molecule has 6 rings (SSSR count). The quantitative estimate of drug-likeness (QED) is 0.0399. The number of fused-ring (bicyclic) bond motifs is 1. The van der Waals surface area contributed by atoms with Gasteiger partial charge in [0.05, 0.1) is 42.5 Å². The van der Waals surface area contributed by atoms with Crippen LogP contribution in [0, 0.1) is 0 Å². The number of likely N-dealkylation sites (tertiary alicyclic amines) is 1. The van der Waals surface area contributed by atoms with E-state index in [-0.39, 0.29) is 33.9 Å². The number of phenolic OH excluding ortho intramolecular Hbond substituents is 2. The molecule has 2 fully saturated rings. The van der Waals surface area contributed by atoms with Gasteiger partial charge in [0.25, 0.3) is 17.7 Å². The largest absolute Gasteiger partial charge is 0.504 e. The van der Waals surface area contributed by atoms with Crippen LogP contribution in [0.3, 0.4) is 0 Å². The number of aromatic nitrogens is 6. The zero-order valence-electron chi connectivity index (χ0n) is 27.7. The lowest BCUT2D eigenvalue weighted by Gasteiger charge is -2.50.